The Balaban J connectivity index is 2.13. The molecule has 2 nitrogen and oxygen atoms in total. The Labute approximate surface area is 122 Å². The maximum Gasteiger partial charge on any atom is 0.0991 e. The summed E-state index contributed by atoms with van der Waals surface area (Å²) in [6.45, 7) is 2.05. The summed E-state index contributed by atoms with van der Waals surface area (Å²) in [4.78, 5) is 0. The van der Waals surface area contributed by atoms with E-state index in [2.05, 4.69) is 11.4 Å². The highest BCUT2D eigenvalue weighted by molar-refractivity contribution is 6.42. The van der Waals surface area contributed by atoms with E-state index in [9.17, 15) is 0 Å². The summed E-state index contributed by atoms with van der Waals surface area (Å²) in [7, 11) is 0. The molecule has 0 aromatic heterocycles. The fourth-order valence-corrected chi connectivity index (χ4v) is 2.06. The number of benzene rings is 2. The second-order valence-corrected chi connectivity index (χ2v) is 5.04. The summed E-state index contributed by atoms with van der Waals surface area (Å²) in [5, 5.41) is 13.2. The number of rotatable bonds is 3. The van der Waals surface area contributed by atoms with Gasteiger partial charge in [-0.25, -0.2) is 0 Å². The lowest BCUT2D eigenvalue weighted by Crippen LogP contribution is -2.06. The van der Waals surface area contributed by atoms with Gasteiger partial charge in [0.05, 0.1) is 21.7 Å². The minimum Gasteiger partial charge on any atom is -0.378 e. The summed E-state index contributed by atoms with van der Waals surface area (Å²) in [6, 6.07) is 15.2. The molecule has 2 rings (SSSR count). The largest absolute Gasteiger partial charge is 0.378 e. The molecule has 4 heteroatoms. The van der Waals surface area contributed by atoms with E-state index in [-0.39, 0.29) is 6.04 Å². The van der Waals surface area contributed by atoms with E-state index in [0.29, 0.717) is 15.6 Å². The van der Waals surface area contributed by atoms with Gasteiger partial charge in [0, 0.05) is 11.7 Å². The molecule has 0 heterocycles. The van der Waals surface area contributed by atoms with Gasteiger partial charge in [0.15, 0.2) is 0 Å². The predicted octanol–water partition coefficient (Wildman–Crippen LogP) is 5.04. The number of anilines is 1. The standard InChI is InChI=1S/C15H12Cl2N2/c1-10(12-4-2-11(9-18)3-5-12)19-13-6-7-14(16)15(17)8-13/h2-8,10,19H,1H3. The van der Waals surface area contributed by atoms with Crippen molar-refractivity contribution in [1.82, 2.24) is 0 Å². The Kier molecular flexibility index (Phi) is 4.31. The van der Waals surface area contributed by atoms with Crippen LogP contribution in [0, 0.1) is 11.3 Å². The summed E-state index contributed by atoms with van der Waals surface area (Å²) in [6.07, 6.45) is 0. The van der Waals surface area contributed by atoms with Crippen LogP contribution in [0.25, 0.3) is 0 Å². The second-order valence-electron chi connectivity index (χ2n) is 4.23. The molecule has 0 aliphatic rings. The SMILES string of the molecule is CC(Nc1ccc(Cl)c(Cl)c1)c1ccc(C#N)cc1. The number of hydrogen-bond donors (Lipinski definition) is 1. The fourth-order valence-electron chi connectivity index (χ4n) is 1.77. The van der Waals surface area contributed by atoms with Gasteiger partial charge in [-0.05, 0) is 42.8 Å². The molecule has 2 aromatic rings. The van der Waals surface area contributed by atoms with E-state index in [4.69, 9.17) is 28.5 Å². The van der Waals surface area contributed by atoms with Crippen LogP contribution in [0.3, 0.4) is 0 Å². The molecule has 2 aromatic carbocycles. The zero-order chi connectivity index (χ0) is 13.8. The molecule has 0 radical (unpaired) electrons. The van der Waals surface area contributed by atoms with Crippen LogP contribution in [-0.4, -0.2) is 0 Å². The van der Waals surface area contributed by atoms with E-state index >= 15 is 0 Å². The van der Waals surface area contributed by atoms with E-state index in [1.54, 1.807) is 12.1 Å². The van der Waals surface area contributed by atoms with Crippen LogP contribution >= 0.6 is 23.2 Å². The molecule has 19 heavy (non-hydrogen) atoms. The van der Waals surface area contributed by atoms with Gasteiger partial charge in [0.1, 0.15) is 0 Å². The third kappa shape index (κ3) is 3.41. The number of nitrogens with zero attached hydrogens (tertiary/aromatic N) is 1. The lowest BCUT2D eigenvalue weighted by atomic mass is 10.1. The van der Waals surface area contributed by atoms with E-state index < -0.39 is 0 Å². The molecular weight excluding hydrogens is 279 g/mol. The molecule has 0 amide bonds. The third-order valence-corrected chi connectivity index (χ3v) is 3.58. The molecule has 1 atom stereocenters. The van der Waals surface area contributed by atoms with Crippen LogP contribution in [0.1, 0.15) is 24.1 Å². The quantitative estimate of drug-likeness (QED) is 0.860. The molecule has 0 aliphatic heterocycles. The van der Waals surface area contributed by atoms with Crippen LogP contribution in [0.15, 0.2) is 42.5 Å². The first-order valence-corrected chi connectivity index (χ1v) is 6.57. The molecule has 96 valence electrons. The Morgan fingerprint density at radius 2 is 1.74 bits per heavy atom. The Hall–Kier alpha value is -1.69. The van der Waals surface area contributed by atoms with Gasteiger partial charge >= 0.3 is 0 Å². The highest BCUT2D eigenvalue weighted by Gasteiger charge is 2.06. The molecule has 0 bridgehead atoms. The normalized spacial score (nSPS) is 11.7. The highest BCUT2D eigenvalue weighted by Crippen LogP contribution is 2.27. The van der Waals surface area contributed by atoms with Gasteiger partial charge in [-0.15, -0.1) is 0 Å². The van der Waals surface area contributed by atoms with Crippen molar-refractivity contribution < 1.29 is 0 Å². The fraction of sp³-hybridized carbons (Fsp3) is 0.133. The van der Waals surface area contributed by atoms with Gasteiger partial charge < -0.3 is 5.32 Å². The van der Waals surface area contributed by atoms with Gasteiger partial charge in [0.2, 0.25) is 0 Å². The van der Waals surface area contributed by atoms with Crippen LogP contribution in [-0.2, 0) is 0 Å². The van der Waals surface area contributed by atoms with Gasteiger partial charge in [-0.3, -0.25) is 0 Å². The van der Waals surface area contributed by atoms with Crippen LogP contribution in [0.4, 0.5) is 5.69 Å². The van der Waals surface area contributed by atoms with Crippen molar-refractivity contribution in [2.24, 2.45) is 0 Å². The maximum absolute atomic E-state index is 8.77. The number of nitrogens with one attached hydrogen (secondary N) is 1. The first-order chi connectivity index (χ1) is 9.10. The number of hydrogen-bond acceptors (Lipinski definition) is 2. The first kappa shape index (κ1) is 13.7. The molecule has 0 saturated heterocycles. The Bertz CT molecular complexity index is 615. The topological polar surface area (TPSA) is 35.8 Å². The van der Waals surface area contributed by atoms with E-state index in [0.717, 1.165) is 11.3 Å². The van der Waals surface area contributed by atoms with Crippen molar-refractivity contribution in [3.05, 3.63) is 63.6 Å². The first-order valence-electron chi connectivity index (χ1n) is 5.82. The maximum atomic E-state index is 8.77. The number of halogens is 2. The van der Waals surface area contributed by atoms with Crippen molar-refractivity contribution in [1.29, 1.82) is 5.26 Å². The van der Waals surface area contributed by atoms with Gasteiger partial charge in [-0.2, -0.15) is 5.26 Å². The molecule has 0 fully saturated rings. The molecule has 0 spiro atoms. The minimum absolute atomic E-state index is 0.116. The van der Waals surface area contributed by atoms with Crippen molar-refractivity contribution in [2.75, 3.05) is 5.32 Å². The summed E-state index contributed by atoms with van der Waals surface area (Å²) >= 11 is 11.9. The lowest BCUT2D eigenvalue weighted by molar-refractivity contribution is 0.884. The minimum atomic E-state index is 0.116. The average Bonchev–Trinajstić information content (AvgIpc) is 2.43. The summed E-state index contributed by atoms with van der Waals surface area (Å²) in [5.74, 6) is 0. The van der Waals surface area contributed by atoms with Crippen LogP contribution < -0.4 is 5.32 Å². The van der Waals surface area contributed by atoms with Crippen molar-refractivity contribution >= 4 is 28.9 Å². The van der Waals surface area contributed by atoms with Gasteiger partial charge in [0.25, 0.3) is 0 Å². The monoisotopic (exact) mass is 290 g/mol. The molecule has 0 aliphatic carbocycles. The highest BCUT2D eigenvalue weighted by atomic mass is 35.5. The molecule has 0 saturated carbocycles. The summed E-state index contributed by atoms with van der Waals surface area (Å²) < 4.78 is 0. The van der Waals surface area contributed by atoms with Crippen molar-refractivity contribution in [2.45, 2.75) is 13.0 Å². The van der Waals surface area contributed by atoms with E-state index in [1.807, 2.05) is 37.3 Å². The van der Waals surface area contributed by atoms with Crippen molar-refractivity contribution in [3.8, 4) is 6.07 Å². The molecule has 1 N–H and O–H groups in total. The zero-order valence-electron chi connectivity index (χ0n) is 10.3. The van der Waals surface area contributed by atoms with Crippen LogP contribution in [0.5, 0.6) is 0 Å². The van der Waals surface area contributed by atoms with Gasteiger partial charge in [-0.1, -0.05) is 35.3 Å². The molecular formula is C15H12Cl2N2. The zero-order valence-corrected chi connectivity index (χ0v) is 11.8. The average molecular weight is 291 g/mol. The number of nitriles is 1. The second kappa shape index (κ2) is 5.97. The smallest absolute Gasteiger partial charge is 0.0991 e. The summed E-state index contributed by atoms with van der Waals surface area (Å²) in [5.41, 5.74) is 2.67. The Morgan fingerprint density at radius 3 is 2.32 bits per heavy atom. The van der Waals surface area contributed by atoms with Crippen LogP contribution in [0.2, 0.25) is 10.0 Å². The Morgan fingerprint density at radius 1 is 1.05 bits per heavy atom. The molecule has 1 unspecified atom stereocenters. The van der Waals surface area contributed by atoms with Crippen molar-refractivity contribution in [3.63, 3.8) is 0 Å². The van der Waals surface area contributed by atoms with E-state index in [1.165, 1.54) is 0 Å². The predicted molar refractivity (Wildman–Crippen MR) is 79.7 cm³/mol. The lowest BCUT2D eigenvalue weighted by Gasteiger charge is -2.16. The third-order valence-electron chi connectivity index (χ3n) is 2.84.